The second-order valence-electron chi connectivity index (χ2n) is 3.16. The Morgan fingerprint density at radius 2 is 1.79 bits per heavy atom. The summed E-state index contributed by atoms with van der Waals surface area (Å²) in [6.45, 7) is 15.8. The summed E-state index contributed by atoms with van der Waals surface area (Å²) < 4.78 is 0. The molecule has 1 aromatic rings. The Kier molecular flexibility index (Phi) is 5.70. The van der Waals surface area contributed by atoms with Gasteiger partial charge in [0, 0.05) is 11.4 Å². The molecular weight excluding hydrogens is 170 g/mol. The van der Waals surface area contributed by atoms with E-state index in [4.69, 9.17) is 0 Å². The molecule has 1 N–H and O–H groups in total. The molecule has 0 spiro atoms. The van der Waals surface area contributed by atoms with Crippen molar-refractivity contribution in [3.63, 3.8) is 0 Å². The van der Waals surface area contributed by atoms with E-state index in [0.29, 0.717) is 5.92 Å². The Labute approximate surface area is 87.6 Å². The highest BCUT2D eigenvalue weighted by molar-refractivity contribution is 5.62. The predicted molar refractivity (Wildman–Crippen MR) is 66.4 cm³/mol. The van der Waals surface area contributed by atoms with Crippen molar-refractivity contribution in [3.8, 4) is 0 Å². The highest BCUT2D eigenvalue weighted by Crippen LogP contribution is 2.19. The van der Waals surface area contributed by atoms with Crippen molar-refractivity contribution in [1.82, 2.24) is 4.98 Å². The van der Waals surface area contributed by atoms with E-state index >= 15 is 0 Å². The maximum atomic E-state index is 3.74. The van der Waals surface area contributed by atoms with Crippen molar-refractivity contribution < 1.29 is 0 Å². The normalized spacial score (nSPS) is 9.21. The average molecular weight is 191 g/mol. The first-order valence-corrected chi connectivity index (χ1v) is 5.16. The van der Waals surface area contributed by atoms with Crippen LogP contribution in [-0.4, -0.2) is 4.98 Å². The van der Waals surface area contributed by atoms with Crippen molar-refractivity contribution in [2.75, 3.05) is 0 Å². The van der Waals surface area contributed by atoms with Crippen LogP contribution in [0.15, 0.2) is 19.2 Å². The molecule has 0 radical (unpaired) electrons. The molecule has 1 heteroatoms. The number of aromatic amines is 1. The summed E-state index contributed by atoms with van der Waals surface area (Å²) in [5, 5.41) is 0. The molecule has 1 heterocycles. The van der Waals surface area contributed by atoms with Crippen LogP contribution in [0.3, 0.4) is 0 Å². The van der Waals surface area contributed by atoms with Gasteiger partial charge in [0.25, 0.3) is 0 Å². The standard InChI is InChI=1S/C11H15N.C2H6/c1-5-9-7-11(8(3)4)12-10(9)6-2;1-2/h5-8,12H,1-2H2,3-4H3;1-2H3. The van der Waals surface area contributed by atoms with Crippen LogP contribution < -0.4 is 0 Å². The van der Waals surface area contributed by atoms with Crippen LogP contribution in [0.1, 0.15) is 50.6 Å². The van der Waals surface area contributed by atoms with E-state index in [2.05, 4.69) is 38.1 Å². The molecule has 1 rings (SSSR count). The van der Waals surface area contributed by atoms with Crippen LogP contribution >= 0.6 is 0 Å². The van der Waals surface area contributed by atoms with Crippen LogP contribution in [0.4, 0.5) is 0 Å². The van der Waals surface area contributed by atoms with E-state index in [9.17, 15) is 0 Å². The molecule has 0 atom stereocenters. The zero-order valence-electron chi connectivity index (χ0n) is 9.72. The number of nitrogens with one attached hydrogen (secondary N) is 1. The minimum Gasteiger partial charge on any atom is -0.358 e. The molecule has 1 nitrogen and oxygen atoms in total. The first-order valence-electron chi connectivity index (χ1n) is 5.16. The summed E-state index contributed by atoms with van der Waals surface area (Å²) in [5.74, 6) is 0.525. The van der Waals surface area contributed by atoms with Crippen LogP contribution in [-0.2, 0) is 0 Å². The molecule has 0 saturated carbocycles. The molecule has 0 amide bonds. The highest BCUT2D eigenvalue weighted by Gasteiger charge is 2.04. The topological polar surface area (TPSA) is 15.8 Å². The second-order valence-corrected chi connectivity index (χ2v) is 3.16. The van der Waals surface area contributed by atoms with Gasteiger partial charge >= 0.3 is 0 Å². The molecule has 78 valence electrons. The number of rotatable bonds is 3. The first kappa shape index (κ1) is 12.8. The van der Waals surface area contributed by atoms with Gasteiger partial charge in [-0.3, -0.25) is 0 Å². The van der Waals surface area contributed by atoms with E-state index < -0.39 is 0 Å². The molecule has 0 aliphatic rings. The van der Waals surface area contributed by atoms with Gasteiger partial charge in [0.1, 0.15) is 0 Å². The fourth-order valence-corrected chi connectivity index (χ4v) is 1.16. The highest BCUT2D eigenvalue weighted by atomic mass is 14.7. The molecule has 14 heavy (non-hydrogen) atoms. The first-order chi connectivity index (χ1) is 6.69. The zero-order chi connectivity index (χ0) is 11.1. The van der Waals surface area contributed by atoms with Crippen LogP contribution in [0.5, 0.6) is 0 Å². The molecule has 1 aromatic heterocycles. The molecule has 0 fully saturated rings. The van der Waals surface area contributed by atoms with E-state index in [-0.39, 0.29) is 0 Å². The van der Waals surface area contributed by atoms with Gasteiger partial charge in [-0.05, 0) is 23.6 Å². The average Bonchev–Trinajstić information content (AvgIpc) is 2.63. The van der Waals surface area contributed by atoms with Crippen LogP contribution in [0.2, 0.25) is 0 Å². The molecular formula is C13H21N. The third kappa shape index (κ3) is 2.91. The summed E-state index contributed by atoms with van der Waals surface area (Å²) in [7, 11) is 0. The number of hydrogen-bond donors (Lipinski definition) is 1. The summed E-state index contributed by atoms with van der Waals surface area (Å²) in [6.07, 6.45) is 3.67. The summed E-state index contributed by atoms with van der Waals surface area (Å²) in [6, 6.07) is 2.12. The van der Waals surface area contributed by atoms with Crippen molar-refractivity contribution in [2.24, 2.45) is 0 Å². The molecule has 0 saturated heterocycles. The fraction of sp³-hybridized carbons (Fsp3) is 0.385. The Bertz CT molecular complexity index is 267. The lowest BCUT2D eigenvalue weighted by Gasteiger charge is -1.98. The van der Waals surface area contributed by atoms with Gasteiger partial charge in [-0.25, -0.2) is 0 Å². The third-order valence-corrected chi connectivity index (χ3v) is 1.95. The van der Waals surface area contributed by atoms with Gasteiger partial charge in [-0.1, -0.05) is 46.9 Å². The Hall–Kier alpha value is -1.24. The largest absolute Gasteiger partial charge is 0.358 e. The molecule has 0 bridgehead atoms. The van der Waals surface area contributed by atoms with Gasteiger partial charge in [0.2, 0.25) is 0 Å². The lowest BCUT2D eigenvalue weighted by Crippen LogP contribution is -1.85. The third-order valence-electron chi connectivity index (χ3n) is 1.95. The van der Waals surface area contributed by atoms with Crippen LogP contribution in [0.25, 0.3) is 12.2 Å². The quantitative estimate of drug-likeness (QED) is 0.726. The zero-order valence-corrected chi connectivity index (χ0v) is 9.72. The van der Waals surface area contributed by atoms with Gasteiger partial charge in [0.15, 0.2) is 0 Å². The van der Waals surface area contributed by atoms with E-state index in [1.807, 2.05) is 26.0 Å². The molecule has 0 unspecified atom stereocenters. The SMILES string of the molecule is C=Cc1cc(C(C)C)[nH]c1C=C.CC. The van der Waals surface area contributed by atoms with Crippen molar-refractivity contribution in [3.05, 3.63) is 36.2 Å². The maximum absolute atomic E-state index is 3.74. The Morgan fingerprint density at radius 3 is 2.07 bits per heavy atom. The summed E-state index contributed by atoms with van der Waals surface area (Å²) in [5.41, 5.74) is 3.43. The van der Waals surface area contributed by atoms with E-state index in [1.165, 1.54) is 5.69 Å². The van der Waals surface area contributed by atoms with E-state index in [1.54, 1.807) is 0 Å². The van der Waals surface area contributed by atoms with Crippen molar-refractivity contribution in [2.45, 2.75) is 33.6 Å². The molecule has 0 aliphatic carbocycles. The lowest BCUT2D eigenvalue weighted by molar-refractivity contribution is 0.832. The van der Waals surface area contributed by atoms with Gasteiger partial charge in [-0.15, -0.1) is 0 Å². The van der Waals surface area contributed by atoms with Gasteiger partial charge in [0.05, 0.1) is 0 Å². The second kappa shape index (κ2) is 6.25. The molecule has 0 aromatic carbocycles. The number of aromatic nitrogens is 1. The van der Waals surface area contributed by atoms with Gasteiger partial charge < -0.3 is 4.98 Å². The Balaban J connectivity index is 0.000000791. The molecule has 0 aliphatic heterocycles. The number of hydrogen-bond acceptors (Lipinski definition) is 0. The van der Waals surface area contributed by atoms with Crippen molar-refractivity contribution in [1.29, 1.82) is 0 Å². The minimum absolute atomic E-state index is 0.525. The predicted octanol–water partition coefficient (Wildman–Crippen LogP) is 4.45. The van der Waals surface area contributed by atoms with Gasteiger partial charge in [-0.2, -0.15) is 0 Å². The van der Waals surface area contributed by atoms with E-state index in [0.717, 1.165) is 11.3 Å². The van der Waals surface area contributed by atoms with Crippen molar-refractivity contribution >= 4 is 12.2 Å². The summed E-state index contributed by atoms with van der Waals surface area (Å²) >= 11 is 0. The van der Waals surface area contributed by atoms with Crippen LogP contribution in [0, 0.1) is 0 Å². The Morgan fingerprint density at radius 1 is 1.21 bits per heavy atom. The smallest absolute Gasteiger partial charge is 0.0449 e. The summed E-state index contributed by atoms with van der Waals surface area (Å²) in [4.78, 5) is 3.29. The maximum Gasteiger partial charge on any atom is 0.0449 e. The number of H-pyrrole nitrogens is 1. The fourth-order valence-electron chi connectivity index (χ4n) is 1.16. The monoisotopic (exact) mass is 191 g/mol. The minimum atomic E-state index is 0.525. The lowest BCUT2D eigenvalue weighted by atomic mass is 10.1.